The first-order valence-corrected chi connectivity index (χ1v) is 10.7. The standard InChI is InChI=1S/C18H16ClN7O4S/c1-31-18-22-7-9(19)14(24-18)16(28)30-12-3-5-25-13(27)6-11(10-2-4-21-8-23-10)26(15(12)25)17(20)29/h2,4,6-8,12,15H,3,5H2,1H3,(H2,20,29). The third-order valence-corrected chi connectivity index (χ3v) is 5.65. The molecule has 2 N–H and O–H groups in total. The SMILES string of the molecule is CSc1ncc(Cl)c(C(=O)OC2CCN3C(=O)C=C(c4ccncn4)N(C(N)=O)C23)n1. The Hall–Kier alpha value is -3.25. The minimum atomic E-state index is -0.926. The van der Waals surface area contributed by atoms with Crippen molar-refractivity contribution in [1.82, 2.24) is 29.7 Å². The van der Waals surface area contributed by atoms with Gasteiger partial charge in [0.15, 0.2) is 17.0 Å². The highest BCUT2D eigenvalue weighted by Gasteiger charge is 2.48. The van der Waals surface area contributed by atoms with E-state index in [2.05, 4.69) is 19.9 Å². The molecule has 1 fully saturated rings. The zero-order chi connectivity index (χ0) is 22.1. The number of thioether (sulfide) groups is 1. The second kappa shape index (κ2) is 8.47. The second-order valence-corrected chi connectivity index (χ2v) is 7.74. The Labute approximate surface area is 185 Å². The third-order valence-electron chi connectivity index (χ3n) is 4.81. The molecular formula is C18H16ClN7O4S. The summed E-state index contributed by atoms with van der Waals surface area (Å²) >= 11 is 7.31. The van der Waals surface area contributed by atoms with Gasteiger partial charge in [-0.1, -0.05) is 23.4 Å². The van der Waals surface area contributed by atoms with Crippen molar-refractivity contribution in [2.24, 2.45) is 5.73 Å². The van der Waals surface area contributed by atoms with Crippen LogP contribution in [0.3, 0.4) is 0 Å². The Kier molecular flexibility index (Phi) is 5.74. The molecule has 0 saturated carbocycles. The first-order valence-electron chi connectivity index (χ1n) is 9.05. The molecule has 2 atom stereocenters. The summed E-state index contributed by atoms with van der Waals surface area (Å²) in [5.74, 6) is -1.14. The summed E-state index contributed by atoms with van der Waals surface area (Å²) in [6, 6.07) is 0.728. The van der Waals surface area contributed by atoms with E-state index in [9.17, 15) is 14.4 Å². The normalized spacial score (nSPS) is 20.3. The molecule has 4 heterocycles. The average molecular weight is 462 g/mol. The number of carbonyl (C=O) groups excluding carboxylic acids is 3. The Morgan fingerprint density at radius 1 is 1.35 bits per heavy atom. The van der Waals surface area contributed by atoms with Crippen LogP contribution in [-0.4, -0.2) is 72.7 Å². The van der Waals surface area contributed by atoms with Crippen molar-refractivity contribution >= 4 is 47.0 Å². The van der Waals surface area contributed by atoms with Gasteiger partial charge in [0.1, 0.15) is 12.4 Å². The minimum Gasteiger partial charge on any atom is -0.453 e. The molecule has 3 amide bonds. The second-order valence-electron chi connectivity index (χ2n) is 6.56. The molecule has 1 saturated heterocycles. The molecule has 0 aliphatic carbocycles. The third kappa shape index (κ3) is 3.91. The Morgan fingerprint density at radius 2 is 2.16 bits per heavy atom. The lowest BCUT2D eigenvalue weighted by atomic mass is 10.1. The number of hydrogen-bond donors (Lipinski definition) is 1. The summed E-state index contributed by atoms with van der Waals surface area (Å²) in [6.45, 7) is 0.270. The molecule has 2 aliphatic rings. The van der Waals surface area contributed by atoms with Gasteiger partial charge in [0.05, 0.1) is 22.6 Å². The zero-order valence-corrected chi connectivity index (χ0v) is 17.7. The monoisotopic (exact) mass is 461 g/mol. The highest BCUT2D eigenvalue weighted by Crippen LogP contribution is 2.34. The lowest BCUT2D eigenvalue weighted by Gasteiger charge is -2.40. The number of halogens is 1. The number of hydrogen-bond acceptors (Lipinski definition) is 9. The molecular weight excluding hydrogens is 446 g/mol. The summed E-state index contributed by atoms with van der Waals surface area (Å²) in [5, 5.41) is 0.385. The lowest BCUT2D eigenvalue weighted by molar-refractivity contribution is -0.131. The largest absolute Gasteiger partial charge is 0.453 e. The molecule has 0 radical (unpaired) electrons. The first-order chi connectivity index (χ1) is 14.9. The fourth-order valence-electron chi connectivity index (χ4n) is 3.50. The molecule has 13 heteroatoms. The van der Waals surface area contributed by atoms with Crippen LogP contribution in [0.25, 0.3) is 5.70 Å². The topological polar surface area (TPSA) is 144 Å². The van der Waals surface area contributed by atoms with Crippen molar-refractivity contribution in [2.45, 2.75) is 23.8 Å². The van der Waals surface area contributed by atoms with E-state index in [0.717, 1.165) is 0 Å². The molecule has 0 bridgehead atoms. The summed E-state index contributed by atoms with van der Waals surface area (Å²) in [5.41, 5.74) is 6.08. The number of rotatable bonds is 4. The van der Waals surface area contributed by atoms with Crippen LogP contribution in [0.1, 0.15) is 22.6 Å². The predicted octanol–water partition coefficient (Wildman–Crippen LogP) is 1.16. The van der Waals surface area contributed by atoms with Gasteiger partial charge in [-0.05, 0) is 12.3 Å². The van der Waals surface area contributed by atoms with E-state index in [1.54, 1.807) is 12.3 Å². The number of nitrogens with two attached hydrogens (primary N) is 1. The van der Waals surface area contributed by atoms with Gasteiger partial charge in [-0.2, -0.15) is 0 Å². The highest BCUT2D eigenvalue weighted by atomic mass is 35.5. The van der Waals surface area contributed by atoms with Gasteiger partial charge in [-0.3, -0.25) is 9.69 Å². The summed E-state index contributed by atoms with van der Waals surface area (Å²) in [6.07, 6.45) is 5.64. The molecule has 160 valence electrons. The summed E-state index contributed by atoms with van der Waals surface area (Å²) < 4.78 is 5.63. The van der Waals surface area contributed by atoms with E-state index in [1.165, 1.54) is 46.4 Å². The molecule has 2 aromatic rings. The maximum atomic E-state index is 12.8. The minimum absolute atomic E-state index is 0.0331. The number of fused-ring (bicyclic) bond motifs is 1. The van der Waals surface area contributed by atoms with Crippen molar-refractivity contribution in [3.63, 3.8) is 0 Å². The summed E-state index contributed by atoms with van der Waals surface area (Å²) in [7, 11) is 0. The number of esters is 1. The Balaban J connectivity index is 1.66. The van der Waals surface area contributed by atoms with Gasteiger partial charge in [0.25, 0.3) is 5.91 Å². The van der Waals surface area contributed by atoms with E-state index in [-0.39, 0.29) is 28.9 Å². The van der Waals surface area contributed by atoms with E-state index >= 15 is 0 Å². The zero-order valence-electron chi connectivity index (χ0n) is 16.1. The van der Waals surface area contributed by atoms with Crippen molar-refractivity contribution in [2.75, 3.05) is 12.8 Å². The lowest BCUT2D eigenvalue weighted by Crippen LogP contribution is -2.57. The molecule has 0 aromatic carbocycles. The van der Waals surface area contributed by atoms with Gasteiger partial charge >= 0.3 is 12.0 Å². The van der Waals surface area contributed by atoms with Crippen molar-refractivity contribution in [3.8, 4) is 0 Å². The maximum Gasteiger partial charge on any atom is 0.359 e. The summed E-state index contributed by atoms with van der Waals surface area (Å²) in [4.78, 5) is 56.5. The number of nitrogens with zero attached hydrogens (tertiary/aromatic N) is 6. The maximum absolute atomic E-state index is 12.8. The van der Waals surface area contributed by atoms with E-state index in [0.29, 0.717) is 17.3 Å². The number of primary amides is 1. The van der Waals surface area contributed by atoms with Crippen molar-refractivity contribution in [3.05, 3.63) is 47.3 Å². The molecule has 0 spiro atoms. The quantitative estimate of drug-likeness (QED) is 0.402. The number of aromatic nitrogens is 4. The number of carbonyl (C=O) groups is 3. The van der Waals surface area contributed by atoms with Crippen LogP contribution in [0, 0.1) is 0 Å². The predicted molar refractivity (Wildman–Crippen MR) is 110 cm³/mol. The smallest absolute Gasteiger partial charge is 0.359 e. The van der Waals surface area contributed by atoms with Crippen LogP contribution in [0.15, 0.2) is 36.0 Å². The van der Waals surface area contributed by atoms with Crippen molar-refractivity contribution in [1.29, 1.82) is 0 Å². The van der Waals surface area contributed by atoms with Crippen LogP contribution < -0.4 is 5.73 Å². The van der Waals surface area contributed by atoms with Gasteiger partial charge in [-0.25, -0.2) is 29.5 Å². The highest BCUT2D eigenvalue weighted by molar-refractivity contribution is 7.98. The molecule has 2 aliphatic heterocycles. The Morgan fingerprint density at radius 3 is 2.84 bits per heavy atom. The molecule has 11 nitrogen and oxygen atoms in total. The molecule has 4 rings (SSSR count). The van der Waals surface area contributed by atoms with Crippen LogP contribution in [0.5, 0.6) is 0 Å². The average Bonchev–Trinajstić information content (AvgIpc) is 3.18. The fourth-order valence-corrected chi connectivity index (χ4v) is 4.01. The van der Waals surface area contributed by atoms with Gasteiger partial charge < -0.3 is 15.4 Å². The van der Waals surface area contributed by atoms with E-state index in [1.807, 2.05) is 0 Å². The molecule has 2 unspecified atom stereocenters. The number of amides is 3. The van der Waals surface area contributed by atoms with Crippen molar-refractivity contribution < 1.29 is 19.1 Å². The molecule has 2 aromatic heterocycles. The van der Waals surface area contributed by atoms with E-state index in [4.69, 9.17) is 22.1 Å². The van der Waals surface area contributed by atoms with Gasteiger partial charge in [0.2, 0.25) is 0 Å². The number of ether oxygens (including phenoxy) is 1. The fraction of sp³-hybridized carbons (Fsp3) is 0.278. The molecule has 31 heavy (non-hydrogen) atoms. The van der Waals surface area contributed by atoms with Gasteiger partial charge in [0, 0.05) is 25.2 Å². The van der Waals surface area contributed by atoms with Crippen LogP contribution >= 0.6 is 23.4 Å². The first kappa shape index (κ1) is 21.0. The van der Waals surface area contributed by atoms with Crippen LogP contribution in [0.2, 0.25) is 5.02 Å². The van der Waals surface area contributed by atoms with Crippen LogP contribution in [0.4, 0.5) is 4.79 Å². The number of urea groups is 1. The van der Waals surface area contributed by atoms with E-state index < -0.39 is 24.3 Å². The van der Waals surface area contributed by atoms with Gasteiger partial charge in [-0.15, -0.1) is 0 Å². The van der Waals surface area contributed by atoms with Crippen LogP contribution in [-0.2, 0) is 9.53 Å². The Bertz CT molecular complexity index is 1080.